The number of nitrogens with zero attached hydrogens (tertiary/aromatic N) is 3. The van der Waals surface area contributed by atoms with Gasteiger partial charge in [-0.2, -0.15) is 0 Å². The Bertz CT molecular complexity index is 1110. The monoisotopic (exact) mass is 414 g/mol. The van der Waals surface area contributed by atoms with Crippen LogP contribution in [-0.2, 0) is 16.7 Å². The molecule has 2 aromatic heterocycles. The van der Waals surface area contributed by atoms with Gasteiger partial charge in [0.2, 0.25) is 10.0 Å². The van der Waals surface area contributed by atoms with Crippen LogP contribution in [0.4, 0.5) is 10.1 Å². The first-order valence-corrected chi connectivity index (χ1v) is 11.4. The Balaban J connectivity index is 1.63. The molecule has 1 saturated heterocycles. The van der Waals surface area contributed by atoms with E-state index >= 15 is 0 Å². The van der Waals surface area contributed by atoms with Gasteiger partial charge in [-0.05, 0) is 48.1 Å². The molecule has 4 rings (SSSR count). The molecule has 1 aliphatic heterocycles. The van der Waals surface area contributed by atoms with Crippen LogP contribution in [0.3, 0.4) is 0 Å². The quantitative estimate of drug-likeness (QED) is 0.690. The van der Waals surface area contributed by atoms with Gasteiger partial charge in [-0.25, -0.2) is 17.1 Å². The van der Waals surface area contributed by atoms with Crippen molar-refractivity contribution < 1.29 is 12.8 Å². The van der Waals surface area contributed by atoms with Crippen molar-refractivity contribution in [3.05, 3.63) is 54.6 Å². The number of benzene rings is 1. The predicted molar refractivity (Wildman–Crippen MR) is 113 cm³/mol. The number of alkyl halides is 1. The number of hydrogen-bond acceptors (Lipinski definition) is 5. The molecule has 1 N–H and O–H groups in total. The molecule has 1 fully saturated rings. The molecular formula is C21H23FN4O2S. The standard InChI is InChI=1S/C21H23FN4O2S/c1-29(27,28)26-8-5-18(6-9-26)25-21-11-17(10-15-4-7-23-14-20(15)21)16-2-3-19(12-22)24-13-16/h2-4,7,10-11,13-14,18,25H,5-6,8-9,12H2,1H3. The van der Waals surface area contributed by atoms with Gasteiger partial charge in [0, 0.05) is 54.4 Å². The van der Waals surface area contributed by atoms with Crippen molar-refractivity contribution in [1.29, 1.82) is 0 Å². The molecule has 0 atom stereocenters. The molecule has 0 unspecified atom stereocenters. The third-order valence-electron chi connectivity index (χ3n) is 5.33. The van der Waals surface area contributed by atoms with Crippen LogP contribution in [0.1, 0.15) is 18.5 Å². The molecule has 0 spiro atoms. The van der Waals surface area contributed by atoms with E-state index in [0.29, 0.717) is 18.8 Å². The first-order chi connectivity index (χ1) is 13.9. The Morgan fingerprint density at radius 3 is 2.59 bits per heavy atom. The van der Waals surface area contributed by atoms with Gasteiger partial charge in [-0.3, -0.25) is 9.97 Å². The van der Waals surface area contributed by atoms with Gasteiger partial charge in [-0.15, -0.1) is 0 Å². The van der Waals surface area contributed by atoms with Crippen LogP contribution >= 0.6 is 0 Å². The second-order valence-electron chi connectivity index (χ2n) is 7.37. The first kappa shape index (κ1) is 19.7. The fourth-order valence-corrected chi connectivity index (χ4v) is 4.58. The van der Waals surface area contributed by atoms with Crippen LogP contribution < -0.4 is 5.32 Å². The second kappa shape index (κ2) is 8.04. The maximum atomic E-state index is 12.8. The number of pyridine rings is 2. The van der Waals surface area contributed by atoms with Crippen LogP contribution in [0, 0.1) is 0 Å². The molecule has 152 valence electrons. The molecule has 0 radical (unpaired) electrons. The third kappa shape index (κ3) is 4.38. The third-order valence-corrected chi connectivity index (χ3v) is 6.64. The summed E-state index contributed by atoms with van der Waals surface area (Å²) in [5.41, 5.74) is 3.27. The second-order valence-corrected chi connectivity index (χ2v) is 9.36. The van der Waals surface area contributed by atoms with Gasteiger partial charge < -0.3 is 5.32 Å². The van der Waals surface area contributed by atoms with Crippen molar-refractivity contribution >= 4 is 26.5 Å². The average Bonchev–Trinajstić information content (AvgIpc) is 2.73. The normalized spacial score (nSPS) is 16.2. The molecule has 29 heavy (non-hydrogen) atoms. The van der Waals surface area contributed by atoms with Gasteiger partial charge >= 0.3 is 0 Å². The topological polar surface area (TPSA) is 75.2 Å². The fraction of sp³-hybridized carbons (Fsp3) is 0.333. The molecular weight excluding hydrogens is 391 g/mol. The minimum Gasteiger partial charge on any atom is -0.382 e. The number of aromatic nitrogens is 2. The largest absolute Gasteiger partial charge is 0.382 e. The summed E-state index contributed by atoms with van der Waals surface area (Å²) >= 11 is 0. The summed E-state index contributed by atoms with van der Waals surface area (Å²) in [6.45, 7) is 0.449. The van der Waals surface area contributed by atoms with Gasteiger partial charge in [0.25, 0.3) is 0 Å². The smallest absolute Gasteiger partial charge is 0.211 e. The van der Waals surface area contributed by atoms with Crippen LogP contribution in [0.2, 0.25) is 0 Å². The zero-order valence-electron chi connectivity index (χ0n) is 16.2. The van der Waals surface area contributed by atoms with E-state index in [1.807, 2.05) is 18.3 Å². The Morgan fingerprint density at radius 2 is 1.93 bits per heavy atom. The van der Waals surface area contributed by atoms with E-state index in [4.69, 9.17) is 0 Å². The predicted octanol–water partition coefficient (Wildman–Crippen LogP) is 3.60. The van der Waals surface area contributed by atoms with Crippen LogP contribution in [0.25, 0.3) is 21.9 Å². The summed E-state index contributed by atoms with van der Waals surface area (Å²) in [5, 5.41) is 5.64. The Hall–Kier alpha value is -2.58. The molecule has 0 amide bonds. The molecule has 6 nitrogen and oxygen atoms in total. The van der Waals surface area contributed by atoms with Crippen molar-refractivity contribution in [2.75, 3.05) is 24.7 Å². The van der Waals surface area contributed by atoms with Crippen molar-refractivity contribution in [3.63, 3.8) is 0 Å². The maximum absolute atomic E-state index is 12.8. The van der Waals surface area contributed by atoms with Crippen molar-refractivity contribution in [1.82, 2.24) is 14.3 Å². The summed E-state index contributed by atoms with van der Waals surface area (Å²) in [7, 11) is -3.14. The highest BCUT2D eigenvalue weighted by Gasteiger charge is 2.25. The van der Waals surface area contributed by atoms with Crippen LogP contribution in [0.15, 0.2) is 48.9 Å². The number of rotatable bonds is 5. The highest BCUT2D eigenvalue weighted by atomic mass is 32.2. The summed E-state index contributed by atoms with van der Waals surface area (Å²) in [5.74, 6) is 0. The summed E-state index contributed by atoms with van der Waals surface area (Å²) < 4.78 is 37.8. The van der Waals surface area contributed by atoms with E-state index in [-0.39, 0.29) is 6.04 Å². The highest BCUT2D eigenvalue weighted by molar-refractivity contribution is 7.88. The summed E-state index contributed by atoms with van der Waals surface area (Å²) in [4.78, 5) is 8.41. The minimum absolute atomic E-state index is 0.179. The number of sulfonamides is 1. The van der Waals surface area contributed by atoms with E-state index in [1.165, 1.54) is 10.6 Å². The Kier molecular flexibility index (Phi) is 5.47. The van der Waals surface area contributed by atoms with E-state index in [2.05, 4.69) is 27.4 Å². The molecule has 8 heteroatoms. The lowest BCUT2D eigenvalue weighted by molar-refractivity contribution is 0.332. The van der Waals surface area contributed by atoms with Crippen molar-refractivity contribution in [2.24, 2.45) is 0 Å². The Labute approximate surface area is 169 Å². The number of anilines is 1. The van der Waals surface area contributed by atoms with Crippen LogP contribution in [-0.4, -0.2) is 48.1 Å². The van der Waals surface area contributed by atoms with Crippen molar-refractivity contribution in [2.45, 2.75) is 25.6 Å². The van der Waals surface area contributed by atoms with E-state index in [9.17, 15) is 12.8 Å². The zero-order chi connectivity index (χ0) is 20.4. The Morgan fingerprint density at radius 1 is 1.14 bits per heavy atom. The average molecular weight is 415 g/mol. The first-order valence-electron chi connectivity index (χ1n) is 9.55. The molecule has 1 aliphatic rings. The van der Waals surface area contributed by atoms with E-state index < -0.39 is 16.7 Å². The summed E-state index contributed by atoms with van der Waals surface area (Å²) in [6, 6.07) is 9.83. The number of halogens is 1. The number of piperidine rings is 1. The number of hydrogen-bond donors (Lipinski definition) is 1. The minimum atomic E-state index is -3.14. The van der Waals surface area contributed by atoms with Gasteiger partial charge in [0.05, 0.1) is 11.9 Å². The highest BCUT2D eigenvalue weighted by Crippen LogP contribution is 2.32. The zero-order valence-corrected chi connectivity index (χ0v) is 17.0. The van der Waals surface area contributed by atoms with E-state index in [1.54, 1.807) is 18.5 Å². The molecule has 0 saturated carbocycles. The van der Waals surface area contributed by atoms with Crippen molar-refractivity contribution in [3.8, 4) is 11.1 Å². The number of nitrogens with one attached hydrogen (secondary N) is 1. The lowest BCUT2D eigenvalue weighted by Gasteiger charge is -2.31. The van der Waals surface area contributed by atoms with Gasteiger partial charge in [0.15, 0.2) is 0 Å². The lowest BCUT2D eigenvalue weighted by atomic mass is 10.00. The van der Waals surface area contributed by atoms with Gasteiger partial charge in [-0.1, -0.05) is 6.07 Å². The molecule has 3 aromatic rings. The number of fused-ring (bicyclic) bond motifs is 1. The van der Waals surface area contributed by atoms with E-state index in [0.717, 1.165) is 40.4 Å². The molecule has 0 bridgehead atoms. The van der Waals surface area contributed by atoms with Crippen LogP contribution in [0.5, 0.6) is 0 Å². The molecule has 3 heterocycles. The maximum Gasteiger partial charge on any atom is 0.211 e. The lowest BCUT2D eigenvalue weighted by Crippen LogP contribution is -2.41. The molecule has 0 aliphatic carbocycles. The fourth-order valence-electron chi connectivity index (χ4n) is 3.71. The SMILES string of the molecule is CS(=O)(=O)N1CCC(Nc2cc(-c3ccc(CF)nc3)cc3ccncc23)CC1. The van der Waals surface area contributed by atoms with Gasteiger partial charge in [0.1, 0.15) is 6.67 Å². The molecule has 1 aromatic carbocycles. The summed E-state index contributed by atoms with van der Waals surface area (Å²) in [6.07, 6.45) is 8.01.